The van der Waals surface area contributed by atoms with Gasteiger partial charge in [-0.1, -0.05) is 30.6 Å². The molecule has 80 valence electrons. The Morgan fingerprint density at radius 2 is 2.21 bits per heavy atom. The van der Waals surface area contributed by atoms with Gasteiger partial charge in [0.05, 0.1) is 0 Å². The summed E-state index contributed by atoms with van der Waals surface area (Å²) in [5, 5.41) is 3.06. The molecule has 0 aliphatic carbocycles. The van der Waals surface area contributed by atoms with Gasteiger partial charge in [-0.25, -0.2) is 0 Å². The minimum atomic E-state index is 0.0543. The van der Waals surface area contributed by atoms with E-state index in [-0.39, 0.29) is 5.56 Å². The SMILES string of the molecule is CCCCCn1[nH]c(C)c(SS)c1=O. The smallest absolute Gasteiger partial charge is 0.281 e. The summed E-state index contributed by atoms with van der Waals surface area (Å²) in [6.07, 6.45) is 3.38. The van der Waals surface area contributed by atoms with Crippen molar-refractivity contribution in [1.82, 2.24) is 9.78 Å². The molecule has 1 N–H and O–H groups in total. The first-order valence-electron chi connectivity index (χ1n) is 4.81. The van der Waals surface area contributed by atoms with Gasteiger partial charge in [0.1, 0.15) is 4.90 Å². The highest BCUT2D eigenvalue weighted by Gasteiger charge is 2.09. The summed E-state index contributed by atoms with van der Waals surface area (Å²) in [6, 6.07) is 0. The van der Waals surface area contributed by atoms with Crippen LogP contribution in [-0.4, -0.2) is 9.78 Å². The Balaban J connectivity index is 2.73. The number of H-pyrrole nitrogens is 1. The van der Waals surface area contributed by atoms with Gasteiger partial charge in [-0.15, -0.1) is 11.7 Å². The van der Waals surface area contributed by atoms with Gasteiger partial charge >= 0.3 is 0 Å². The van der Waals surface area contributed by atoms with Crippen LogP contribution in [0.5, 0.6) is 0 Å². The molecule has 0 aliphatic heterocycles. The molecule has 0 aliphatic rings. The van der Waals surface area contributed by atoms with Crippen LogP contribution in [0.4, 0.5) is 0 Å². The summed E-state index contributed by atoms with van der Waals surface area (Å²) in [5.41, 5.74) is 0.963. The zero-order valence-electron chi connectivity index (χ0n) is 8.54. The van der Waals surface area contributed by atoms with Crippen molar-refractivity contribution in [2.45, 2.75) is 44.6 Å². The van der Waals surface area contributed by atoms with Crippen LogP contribution in [0.2, 0.25) is 0 Å². The quantitative estimate of drug-likeness (QED) is 0.465. The lowest BCUT2D eigenvalue weighted by Crippen LogP contribution is -2.17. The Labute approximate surface area is 93.1 Å². The maximum Gasteiger partial charge on any atom is 0.281 e. The number of hydrogen-bond donors (Lipinski definition) is 2. The molecule has 14 heavy (non-hydrogen) atoms. The summed E-state index contributed by atoms with van der Waals surface area (Å²) < 4.78 is 1.67. The number of thiol groups is 1. The maximum atomic E-state index is 11.7. The normalized spacial score (nSPS) is 10.8. The zero-order chi connectivity index (χ0) is 10.6. The van der Waals surface area contributed by atoms with Gasteiger partial charge in [-0.3, -0.25) is 14.6 Å². The highest BCUT2D eigenvalue weighted by atomic mass is 33.1. The minimum absolute atomic E-state index is 0.0543. The van der Waals surface area contributed by atoms with Gasteiger partial charge in [0.15, 0.2) is 0 Å². The fourth-order valence-corrected chi connectivity index (χ4v) is 2.39. The van der Waals surface area contributed by atoms with Crippen molar-refractivity contribution in [3.05, 3.63) is 16.0 Å². The van der Waals surface area contributed by atoms with E-state index in [9.17, 15) is 4.79 Å². The molecule has 0 spiro atoms. The van der Waals surface area contributed by atoms with Gasteiger partial charge in [0.25, 0.3) is 5.56 Å². The molecule has 3 nitrogen and oxygen atoms in total. The van der Waals surface area contributed by atoms with E-state index in [4.69, 9.17) is 0 Å². The van der Waals surface area contributed by atoms with E-state index >= 15 is 0 Å². The number of unbranched alkanes of at least 4 members (excludes halogenated alkanes) is 2. The van der Waals surface area contributed by atoms with E-state index in [1.54, 1.807) is 4.68 Å². The first-order valence-corrected chi connectivity index (χ1v) is 6.68. The summed E-state index contributed by atoms with van der Waals surface area (Å²) in [6.45, 7) is 4.83. The molecule has 1 rings (SSSR count). The van der Waals surface area contributed by atoms with Crippen LogP contribution >= 0.6 is 22.5 Å². The summed E-state index contributed by atoms with van der Waals surface area (Å²) in [5.74, 6) is 0. The number of aromatic nitrogens is 2. The van der Waals surface area contributed by atoms with Crippen LogP contribution in [0, 0.1) is 6.92 Å². The highest BCUT2D eigenvalue weighted by molar-refractivity contribution is 8.68. The summed E-state index contributed by atoms with van der Waals surface area (Å²) >= 11 is 4.06. The largest absolute Gasteiger partial charge is 0.299 e. The third-order valence-corrected chi connectivity index (χ3v) is 3.37. The number of aromatic amines is 1. The number of hydrogen-bond acceptors (Lipinski definition) is 3. The zero-order valence-corrected chi connectivity index (χ0v) is 10.3. The second-order valence-electron chi connectivity index (χ2n) is 3.32. The molecule has 1 aromatic rings. The number of nitrogens with zero attached hydrogens (tertiary/aromatic N) is 1. The van der Waals surface area contributed by atoms with Crippen molar-refractivity contribution in [2.24, 2.45) is 0 Å². The Hall–Kier alpha value is -0.290. The Kier molecular flexibility index (Phi) is 4.68. The standard InChI is InChI=1S/C9H16N2OS2/c1-3-4-5-6-11-9(12)8(14-13)7(2)10-11/h10,13H,3-6H2,1-2H3. The van der Waals surface area contributed by atoms with Gasteiger partial charge < -0.3 is 0 Å². The van der Waals surface area contributed by atoms with E-state index in [0.29, 0.717) is 4.90 Å². The third kappa shape index (κ3) is 2.60. The van der Waals surface area contributed by atoms with Crippen LogP contribution in [0.25, 0.3) is 0 Å². The first-order chi connectivity index (χ1) is 6.70. The van der Waals surface area contributed by atoms with Gasteiger partial charge in [0, 0.05) is 12.2 Å². The van der Waals surface area contributed by atoms with Crippen molar-refractivity contribution in [2.75, 3.05) is 0 Å². The predicted octanol–water partition coefficient (Wildman–Crippen LogP) is 2.61. The number of rotatable bonds is 5. The molecule has 5 heteroatoms. The summed E-state index contributed by atoms with van der Waals surface area (Å²) in [4.78, 5) is 12.4. The highest BCUT2D eigenvalue weighted by Crippen LogP contribution is 2.19. The lowest BCUT2D eigenvalue weighted by Gasteiger charge is -1.99. The Morgan fingerprint density at radius 1 is 1.50 bits per heavy atom. The third-order valence-electron chi connectivity index (χ3n) is 2.16. The van der Waals surface area contributed by atoms with Crippen molar-refractivity contribution >= 4 is 22.5 Å². The van der Waals surface area contributed by atoms with Gasteiger partial charge in [-0.05, 0) is 13.3 Å². The summed E-state index contributed by atoms with van der Waals surface area (Å²) in [7, 11) is 1.21. The monoisotopic (exact) mass is 232 g/mol. The molecule has 0 aromatic carbocycles. The van der Waals surface area contributed by atoms with Crippen LogP contribution in [-0.2, 0) is 6.54 Å². The topological polar surface area (TPSA) is 37.8 Å². The fourth-order valence-electron chi connectivity index (χ4n) is 1.37. The molecule has 0 atom stereocenters. The van der Waals surface area contributed by atoms with Crippen LogP contribution in [0.1, 0.15) is 31.9 Å². The van der Waals surface area contributed by atoms with Crippen LogP contribution < -0.4 is 5.56 Å². The van der Waals surface area contributed by atoms with Crippen molar-refractivity contribution in [3.8, 4) is 0 Å². The molecular weight excluding hydrogens is 216 g/mol. The fraction of sp³-hybridized carbons (Fsp3) is 0.667. The van der Waals surface area contributed by atoms with Crippen molar-refractivity contribution < 1.29 is 0 Å². The average Bonchev–Trinajstić information content (AvgIpc) is 2.42. The van der Waals surface area contributed by atoms with E-state index in [2.05, 4.69) is 23.7 Å². The Morgan fingerprint density at radius 3 is 2.71 bits per heavy atom. The molecule has 1 aromatic heterocycles. The Bertz CT molecular complexity index is 343. The molecule has 0 amide bonds. The first kappa shape index (κ1) is 11.8. The molecular formula is C9H16N2OS2. The molecule has 0 saturated heterocycles. The lowest BCUT2D eigenvalue weighted by atomic mass is 10.2. The lowest BCUT2D eigenvalue weighted by molar-refractivity contribution is 0.537. The van der Waals surface area contributed by atoms with Gasteiger partial charge in [0.2, 0.25) is 0 Å². The predicted molar refractivity (Wildman–Crippen MR) is 64.2 cm³/mol. The molecule has 0 fully saturated rings. The molecule has 0 unspecified atom stereocenters. The molecule has 0 radical (unpaired) electrons. The van der Waals surface area contributed by atoms with E-state index < -0.39 is 0 Å². The van der Waals surface area contributed by atoms with Crippen LogP contribution in [0.3, 0.4) is 0 Å². The average molecular weight is 232 g/mol. The van der Waals surface area contributed by atoms with Crippen LogP contribution in [0.15, 0.2) is 9.69 Å². The number of aryl methyl sites for hydroxylation is 2. The molecule has 0 bridgehead atoms. The second-order valence-corrected chi connectivity index (χ2v) is 4.46. The van der Waals surface area contributed by atoms with Gasteiger partial charge in [-0.2, -0.15) is 0 Å². The van der Waals surface area contributed by atoms with E-state index in [1.807, 2.05) is 6.92 Å². The maximum absolute atomic E-state index is 11.7. The van der Waals surface area contributed by atoms with E-state index in [1.165, 1.54) is 17.2 Å². The second kappa shape index (κ2) is 5.56. The van der Waals surface area contributed by atoms with E-state index in [0.717, 1.165) is 25.1 Å². The molecule has 1 heterocycles. The van der Waals surface area contributed by atoms with Crippen molar-refractivity contribution in [1.29, 1.82) is 0 Å². The minimum Gasteiger partial charge on any atom is -0.299 e. The number of nitrogens with one attached hydrogen (secondary N) is 1. The molecule has 0 saturated carbocycles. The van der Waals surface area contributed by atoms with Crippen molar-refractivity contribution in [3.63, 3.8) is 0 Å².